The molecule has 0 bridgehead atoms. The molecule has 0 aliphatic heterocycles. The van der Waals surface area contributed by atoms with Gasteiger partial charge < -0.3 is 4.74 Å². The highest BCUT2D eigenvalue weighted by Crippen LogP contribution is 2.29. The molecule has 0 aliphatic carbocycles. The van der Waals surface area contributed by atoms with Crippen LogP contribution in [0, 0.1) is 11.3 Å². The highest BCUT2D eigenvalue weighted by molar-refractivity contribution is 8.01. The van der Waals surface area contributed by atoms with E-state index < -0.39 is 0 Å². The highest BCUT2D eigenvalue weighted by atomic mass is 32.0. The van der Waals surface area contributed by atoms with Gasteiger partial charge in [0.15, 0.2) is 6.10 Å². The summed E-state index contributed by atoms with van der Waals surface area (Å²) in [4.78, 5) is 0. The second-order valence-electron chi connectivity index (χ2n) is 2.50. The number of hydrogen-bond acceptors (Lipinski definition) is 3. The van der Waals surface area contributed by atoms with Crippen molar-refractivity contribution in [3.63, 3.8) is 0 Å². The van der Waals surface area contributed by atoms with E-state index in [0.717, 1.165) is 6.42 Å². The summed E-state index contributed by atoms with van der Waals surface area (Å²) in [5, 5.41) is 8.77. The van der Waals surface area contributed by atoms with Crippen molar-refractivity contribution in [3.05, 3.63) is 0 Å². The molecule has 4 atom stereocenters. The molecule has 0 aromatic carbocycles. The summed E-state index contributed by atoms with van der Waals surface area (Å²) in [6, 6.07) is 2.35. The van der Waals surface area contributed by atoms with E-state index in [9.17, 15) is 0 Å². The van der Waals surface area contributed by atoms with Crippen LogP contribution in [0.1, 0.15) is 13.3 Å². The molecule has 0 aromatic rings. The minimum atomic E-state index is -0.312. The maximum absolute atomic E-state index is 8.77. The van der Waals surface area contributed by atoms with Crippen molar-refractivity contribution in [2.24, 2.45) is 0 Å². The third-order valence-corrected chi connectivity index (χ3v) is 3.81. The van der Waals surface area contributed by atoms with E-state index in [1.807, 2.05) is 7.05 Å². The molecular weight excluding hydrogens is 190 g/mol. The summed E-state index contributed by atoms with van der Waals surface area (Å²) in [5.74, 6) is 0. The van der Waals surface area contributed by atoms with Crippen molar-refractivity contribution < 1.29 is 4.74 Å². The van der Waals surface area contributed by atoms with Gasteiger partial charge in [0.25, 0.3) is 0 Å². The lowest BCUT2D eigenvalue weighted by molar-refractivity contribution is 0.0895. The van der Waals surface area contributed by atoms with Crippen LogP contribution in [0.2, 0.25) is 0 Å². The summed E-state index contributed by atoms with van der Waals surface area (Å²) in [7, 11) is 6.89. The van der Waals surface area contributed by atoms with E-state index in [1.165, 1.54) is 0 Å². The van der Waals surface area contributed by atoms with Gasteiger partial charge in [0.2, 0.25) is 0 Å². The Morgan fingerprint density at radius 1 is 1.75 bits per heavy atom. The molecule has 0 rings (SSSR count). The molecule has 4 unspecified atom stereocenters. The van der Waals surface area contributed by atoms with Crippen molar-refractivity contribution in [1.29, 1.82) is 5.26 Å². The molecule has 0 aromatic heterocycles. The van der Waals surface area contributed by atoms with Crippen LogP contribution in [0.3, 0.4) is 0 Å². The second kappa shape index (κ2) is 6.75. The first kappa shape index (κ1) is 12.3. The van der Waals surface area contributed by atoms with Gasteiger partial charge in [0.1, 0.15) is 0 Å². The quantitative estimate of drug-likeness (QED) is 0.641. The van der Waals surface area contributed by atoms with Crippen LogP contribution in [0.25, 0.3) is 0 Å². The van der Waals surface area contributed by atoms with Crippen molar-refractivity contribution in [2.45, 2.75) is 25.5 Å². The number of hydrogen-bond donors (Lipinski definition) is 0. The fourth-order valence-electron chi connectivity index (χ4n) is 1.08. The summed E-state index contributed by atoms with van der Waals surface area (Å²) < 4.78 is 7.19. The van der Waals surface area contributed by atoms with E-state index in [2.05, 4.69) is 26.6 Å². The maximum Gasteiger partial charge on any atom is 0.159 e. The first-order valence-electron chi connectivity index (χ1n) is 3.82. The number of likely N-dealkylation sites (N-methyl/N-ethyl adjacent to an activating group) is 1. The van der Waals surface area contributed by atoms with E-state index in [0.29, 0.717) is 8.42 Å². The first-order valence-corrected chi connectivity index (χ1v) is 6.58. The van der Waals surface area contributed by atoms with Crippen LogP contribution in [0.15, 0.2) is 0 Å². The monoisotopic (exact) mass is 206 g/mol. The number of ether oxygens (including phenoxy) is 1. The number of nitriles is 1. The lowest BCUT2D eigenvalue weighted by Crippen LogP contribution is -2.36. The molecule has 0 saturated heterocycles. The molecular formula is C7H16N2OP2. The Morgan fingerprint density at radius 3 is 2.58 bits per heavy atom. The van der Waals surface area contributed by atoms with Crippen molar-refractivity contribution in [1.82, 2.24) is 4.67 Å². The Bertz CT molecular complexity index is 160. The highest BCUT2D eigenvalue weighted by Gasteiger charge is 2.22. The van der Waals surface area contributed by atoms with Crippen molar-refractivity contribution in [3.8, 4) is 6.07 Å². The molecule has 5 heteroatoms. The van der Waals surface area contributed by atoms with Gasteiger partial charge in [-0.2, -0.15) is 5.26 Å². The van der Waals surface area contributed by atoms with Crippen LogP contribution >= 0.6 is 17.3 Å². The predicted molar refractivity (Wildman–Crippen MR) is 56.3 cm³/mol. The lowest BCUT2D eigenvalue weighted by atomic mass is 10.1. The Kier molecular flexibility index (Phi) is 6.90. The van der Waals surface area contributed by atoms with Gasteiger partial charge in [0, 0.05) is 7.11 Å². The molecule has 0 saturated carbocycles. The molecule has 0 aliphatic rings. The third-order valence-electron chi connectivity index (χ3n) is 1.85. The molecule has 3 nitrogen and oxygen atoms in total. The van der Waals surface area contributed by atoms with E-state index in [-0.39, 0.29) is 12.1 Å². The van der Waals surface area contributed by atoms with Gasteiger partial charge in [-0.3, -0.25) is 4.67 Å². The zero-order valence-corrected chi connectivity index (χ0v) is 9.90. The molecule has 0 N–H and O–H groups in total. The fourth-order valence-corrected chi connectivity index (χ4v) is 2.17. The maximum atomic E-state index is 8.77. The van der Waals surface area contributed by atoms with Gasteiger partial charge in [0.05, 0.1) is 12.1 Å². The van der Waals surface area contributed by atoms with Gasteiger partial charge in [-0.25, -0.2) is 0 Å². The van der Waals surface area contributed by atoms with E-state index in [4.69, 9.17) is 10.00 Å². The molecule has 0 fully saturated rings. The van der Waals surface area contributed by atoms with Crippen LogP contribution in [0.4, 0.5) is 0 Å². The second-order valence-corrected chi connectivity index (χ2v) is 4.24. The Labute approximate surface area is 78.4 Å². The summed E-state index contributed by atoms with van der Waals surface area (Å²) in [5.41, 5.74) is 0. The van der Waals surface area contributed by atoms with E-state index >= 15 is 0 Å². The van der Waals surface area contributed by atoms with Crippen LogP contribution in [-0.2, 0) is 4.74 Å². The van der Waals surface area contributed by atoms with Gasteiger partial charge in [-0.05, 0) is 21.9 Å². The summed E-state index contributed by atoms with van der Waals surface area (Å²) in [6.07, 6.45) is 0.622. The largest absolute Gasteiger partial charge is 0.365 e. The molecule has 0 radical (unpaired) electrons. The van der Waals surface area contributed by atoms with Crippen molar-refractivity contribution in [2.75, 3.05) is 14.2 Å². The first-order chi connectivity index (χ1) is 5.71. The Morgan fingerprint density at radius 2 is 2.33 bits per heavy atom. The number of methoxy groups -OCH3 is 1. The normalized spacial score (nSPS) is 16.7. The Balaban J connectivity index is 4.22. The molecule has 0 spiro atoms. The predicted octanol–water partition coefficient (Wildman–Crippen LogP) is 1.62. The number of rotatable bonds is 5. The minimum Gasteiger partial charge on any atom is -0.365 e. The smallest absolute Gasteiger partial charge is 0.159 e. The molecule has 12 heavy (non-hydrogen) atoms. The van der Waals surface area contributed by atoms with Gasteiger partial charge in [-0.1, -0.05) is 15.9 Å². The summed E-state index contributed by atoms with van der Waals surface area (Å²) in [6.45, 7) is 2.06. The SMILES string of the molecule is CCC(C(C#N)OC)N(C)PP. The average Bonchev–Trinajstić information content (AvgIpc) is 2.12. The van der Waals surface area contributed by atoms with Crippen LogP contribution in [-0.4, -0.2) is 31.0 Å². The van der Waals surface area contributed by atoms with E-state index in [1.54, 1.807) is 7.11 Å². The molecule has 70 valence electrons. The third kappa shape index (κ3) is 3.33. The standard InChI is InChI=1S/C7H16N2OP2/c1-4-6(9(2)12-11)7(5-8)10-3/h6-7,12H,4,11H2,1-3H3. The summed E-state index contributed by atoms with van der Waals surface area (Å²) >= 11 is 0. The Hall–Kier alpha value is 0.270. The lowest BCUT2D eigenvalue weighted by Gasteiger charge is -2.27. The average molecular weight is 206 g/mol. The van der Waals surface area contributed by atoms with Gasteiger partial charge in [-0.15, -0.1) is 0 Å². The van der Waals surface area contributed by atoms with Crippen molar-refractivity contribution >= 4 is 17.3 Å². The van der Waals surface area contributed by atoms with Crippen LogP contribution in [0.5, 0.6) is 0 Å². The topological polar surface area (TPSA) is 36.3 Å². The number of nitrogens with zero attached hydrogens (tertiary/aromatic N) is 2. The zero-order valence-electron chi connectivity index (χ0n) is 7.74. The fraction of sp³-hybridized carbons (Fsp3) is 0.857. The molecule has 0 amide bonds. The zero-order chi connectivity index (χ0) is 9.56. The minimum absolute atomic E-state index is 0.204. The van der Waals surface area contributed by atoms with Crippen LogP contribution < -0.4 is 0 Å². The molecule has 0 heterocycles. The van der Waals surface area contributed by atoms with Gasteiger partial charge >= 0.3 is 0 Å².